The normalized spacial score (nSPS) is 22.4. The second-order valence-corrected chi connectivity index (χ2v) is 7.59. The molecule has 1 aliphatic heterocycles. The van der Waals surface area contributed by atoms with Gasteiger partial charge in [0.2, 0.25) is 0 Å². The lowest BCUT2D eigenvalue weighted by molar-refractivity contribution is 0.0674. The predicted octanol–water partition coefficient (Wildman–Crippen LogP) is 4.83. The third-order valence-electron chi connectivity index (χ3n) is 2.95. The molecule has 2 atom stereocenters. The molecule has 0 saturated heterocycles. The van der Waals surface area contributed by atoms with Gasteiger partial charge in [-0.2, -0.15) is 0 Å². The van der Waals surface area contributed by atoms with Gasteiger partial charge in [-0.15, -0.1) is 11.3 Å². The summed E-state index contributed by atoms with van der Waals surface area (Å²) >= 11 is 8.51. The van der Waals surface area contributed by atoms with Crippen molar-refractivity contribution in [3.63, 3.8) is 0 Å². The molecule has 0 saturated carbocycles. The zero-order valence-corrected chi connectivity index (χ0v) is 13.3. The molecule has 1 aromatic heterocycles. The maximum atomic E-state index is 10.2. The Hall–Kier alpha value is -0.360. The number of thiophene rings is 1. The Bertz CT molecular complexity index is 582. The third-order valence-corrected chi connectivity index (χ3v) is 5.16. The summed E-state index contributed by atoms with van der Waals surface area (Å²) in [7, 11) is 0. The van der Waals surface area contributed by atoms with Crippen molar-refractivity contribution in [2.75, 3.05) is 0 Å². The summed E-state index contributed by atoms with van der Waals surface area (Å²) in [4.78, 5) is 1.13. The number of hydrogen-bond donors (Lipinski definition) is 1. The van der Waals surface area contributed by atoms with E-state index >= 15 is 0 Å². The van der Waals surface area contributed by atoms with Gasteiger partial charge in [0.15, 0.2) is 0 Å². The van der Waals surface area contributed by atoms with Crippen molar-refractivity contribution < 1.29 is 9.84 Å². The lowest BCUT2D eigenvalue weighted by Gasteiger charge is -2.29. The molecular weight excluding hydrogens is 380 g/mol. The molecule has 18 heavy (non-hydrogen) atoms. The van der Waals surface area contributed by atoms with E-state index < -0.39 is 6.10 Å². The fraction of sp³-hybridized carbons (Fsp3) is 0.231. The number of fused-ring (bicyclic) bond motifs is 1. The summed E-state index contributed by atoms with van der Waals surface area (Å²) in [6.07, 6.45) is 0.0539. The van der Waals surface area contributed by atoms with E-state index in [1.54, 1.807) is 11.3 Å². The van der Waals surface area contributed by atoms with E-state index in [4.69, 9.17) is 4.74 Å². The molecule has 1 N–H and O–H groups in total. The zero-order valence-electron chi connectivity index (χ0n) is 9.27. The topological polar surface area (TPSA) is 29.5 Å². The van der Waals surface area contributed by atoms with Crippen molar-refractivity contribution in [3.05, 3.63) is 49.0 Å². The molecule has 0 spiro atoms. The monoisotopic (exact) mass is 388 g/mol. The predicted molar refractivity (Wildman–Crippen MR) is 79.1 cm³/mol. The molecule has 0 bridgehead atoms. The molecular formula is C13H10Br2O2S. The Kier molecular flexibility index (Phi) is 3.49. The van der Waals surface area contributed by atoms with Gasteiger partial charge >= 0.3 is 0 Å². The Morgan fingerprint density at radius 2 is 2.06 bits per heavy atom. The van der Waals surface area contributed by atoms with Crippen LogP contribution in [-0.4, -0.2) is 5.11 Å². The molecule has 2 heterocycles. The minimum absolute atomic E-state index is 0.0648. The van der Waals surface area contributed by atoms with Gasteiger partial charge in [-0.1, -0.05) is 15.9 Å². The maximum Gasteiger partial charge on any atom is 0.136 e. The molecule has 2 nitrogen and oxygen atoms in total. The average Bonchev–Trinajstić information content (AvgIpc) is 2.77. The fourth-order valence-corrected chi connectivity index (χ4v) is 3.94. The summed E-state index contributed by atoms with van der Waals surface area (Å²) in [6, 6.07) is 9.79. The van der Waals surface area contributed by atoms with Crippen LogP contribution in [0, 0.1) is 0 Å². The number of halogens is 2. The minimum Gasteiger partial charge on any atom is -0.484 e. The molecule has 2 aromatic rings. The first-order valence-electron chi connectivity index (χ1n) is 5.53. The summed E-state index contributed by atoms with van der Waals surface area (Å²) in [5.74, 6) is 0.770. The second-order valence-electron chi connectivity index (χ2n) is 4.18. The molecule has 0 fully saturated rings. The first kappa shape index (κ1) is 12.7. The third kappa shape index (κ3) is 2.37. The molecule has 94 valence electrons. The number of ether oxygens (including phenoxy) is 1. The lowest BCUT2D eigenvalue weighted by atomic mass is 9.98. The first-order valence-corrected chi connectivity index (χ1v) is 7.93. The van der Waals surface area contributed by atoms with Crippen LogP contribution in [0.1, 0.15) is 29.1 Å². The van der Waals surface area contributed by atoms with Crippen molar-refractivity contribution in [3.8, 4) is 5.75 Å². The van der Waals surface area contributed by atoms with Gasteiger partial charge in [0.25, 0.3) is 0 Å². The zero-order chi connectivity index (χ0) is 12.7. The Labute approximate surface area is 126 Å². The van der Waals surface area contributed by atoms with Crippen LogP contribution in [0.4, 0.5) is 0 Å². The first-order chi connectivity index (χ1) is 8.63. The van der Waals surface area contributed by atoms with Crippen molar-refractivity contribution in [1.29, 1.82) is 0 Å². The number of aliphatic hydroxyl groups excluding tert-OH is 1. The molecule has 5 heteroatoms. The van der Waals surface area contributed by atoms with Crippen molar-refractivity contribution in [2.45, 2.75) is 18.6 Å². The van der Waals surface area contributed by atoms with Crippen LogP contribution in [0.2, 0.25) is 0 Å². The maximum absolute atomic E-state index is 10.2. The highest BCUT2D eigenvalue weighted by molar-refractivity contribution is 9.11. The summed E-state index contributed by atoms with van der Waals surface area (Å²) in [6.45, 7) is 0. The van der Waals surface area contributed by atoms with Crippen molar-refractivity contribution in [1.82, 2.24) is 0 Å². The fourth-order valence-electron chi connectivity index (χ4n) is 2.09. The van der Waals surface area contributed by atoms with Gasteiger partial charge < -0.3 is 9.84 Å². The standard InChI is InChI=1S/C13H10Br2O2S/c14-7-1-2-10-8(5-7)9(16)6-11(17-10)12-3-4-13(15)18-12/h1-5,9,11,16H,6H2/t9-,11?/m0/s1. The van der Waals surface area contributed by atoms with E-state index in [0.29, 0.717) is 6.42 Å². The van der Waals surface area contributed by atoms with E-state index in [1.807, 2.05) is 30.3 Å². The van der Waals surface area contributed by atoms with Crippen molar-refractivity contribution >= 4 is 43.2 Å². The van der Waals surface area contributed by atoms with Crippen LogP contribution in [0.3, 0.4) is 0 Å². The summed E-state index contributed by atoms with van der Waals surface area (Å²) in [5.41, 5.74) is 0.858. The Morgan fingerprint density at radius 1 is 1.22 bits per heavy atom. The SMILES string of the molecule is O[C@H]1CC(c2ccc(Br)s2)Oc2ccc(Br)cc21. The molecule has 0 aliphatic carbocycles. The smallest absolute Gasteiger partial charge is 0.136 e. The van der Waals surface area contributed by atoms with E-state index in [0.717, 1.165) is 24.4 Å². The summed E-state index contributed by atoms with van der Waals surface area (Å²) in [5, 5.41) is 10.2. The molecule has 0 amide bonds. The summed E-state index contributed by atoms with van der Waals surface area (Å²) < 4.78 is 8.01. The molecule has 0 radical (unpaired) electrons. The van der Waals surface area contributed by atoms with E-state index in [-0.39, 0.29) is 6.10 Å². The van der Waals surface area contributed by atoms with Gasteiger partial charge in [0.05, 0.1) is 9.89 Å². The Morgan fingerprint density at radius 3 is 2.78 bits per heavy atom. The molecule has 1 unspecified atom stereocenters. The Balaban J connectivity index is 1.94. The minimum atomic E-state index is -0.475. The number of benzene rings is 1. The number of hydrogen-bond acceptors (Lipinski definition) is 3. The highest BCUT2D eigenvalue weighted by Crippen LogP contribution is 2.43. The van der Waals surface area contributed by atoms with Gasteiger partial charge in [-0.05, 0) is 46.3 Å². The largest absolute Gasteiger partial charge is 0.484 e. The second kappa shape index (κ2) is 4.96. The lowest BCUT2D eigenvalue weighted by Crippen LogP contribution is -2.18. The number of aliphatic hydroxyl groups is 1. The quantitative estimate of drug-likeness (QED) is 0.756. The average molecular weight is 390 g/mol. The highest BCUT2D eigenvalue weighted by atomic mass is 79.9. The van der Waals surface area contributed by atoms with E-state index in [2.05, 4.69) is 31.9 Å². The van der Waals surface area contributed by atoms with Gasteiger partial charge in [-0.25, -0.2) is 0 Å². The van der Waals surface area contributed by atoms with Crippen LogP contribution in [0.15, 0.2) is 38.6 Å². The van der Waals surface area contributed by atoms with Gasteiger partial charge in [-0.3, -0.25) is 0 Å². The van der Waals surface area contributed by atoms with Crippen LogP contribution in [0.25, 0.3) is 0 Å². The van der Waals surface area contributed by atoms with E-state index in [9.17, 15) is 5.11 Å². The highest BCUT2D eigenvalue weighted by Gasteiger charge is 2.28. The molecule has 1 aliphatic rings. The molecule has 3 rings (SSSR count). The van der Waals surface area contributed by atoms with Crippen LogP contribution < -0.4 is 4.74 Å². The van der Waals surface area contributed by atoms with Gasteiger partial charge in [0.1, 0.15) is 11.9 Å². The molecule has 1 aromatic carbocycles. The number of rotatable bonds is 1. The van der Waals surface area contributed by atoms with E-state index in [1.165, 1.54) is 0 Å². The van der Waals surface area contributed by atoms with Gasteiger partial charge in [0, 0.05) is 21.3 Å². The van der Waals surface area contributed by atoms with Crippen LogP contribution in [-0.2, 0) is 0 Å². The van der Waals surface area contributed by atoms with Crippen LogP contribution >= 0.6 is 43.2 Å². The van der Waals surface area contributed by atoms with Crippen LogP contribution in [0.5, 0.6) is 5.75 Å². The van der Waals surface area contributed by atoms with Crippen molar-refractivity contribution in [2.24, 2.45) is 0 Å².